The molecule has 0 radical (unpaired) electrons. The van der Waals surface area contributed by atoms with E-state index in [2.05, 4.69) is 0 Å². The first-order valence-corrected chi connectivity index (χ1v) is 5.74. The van der Waals surface area contributed by atoms with Crippen molar-refractivity contribution in [3.63, 3.8) is 0 Å². The predicted octanol–water partition coefficient (Wildman–Crippen LogP) is 2.03. The highest BCUT2D eigenvalue weighted by molar-refractivity contribution is 5.77. The maximum absolute atomic E-state index is 11.6. The molecular weight excluding hydrogens is 202 g/mol. The van der Waals surface area contributed by atoms with Crippen molar-refractivity contribution < 1.29 is 9.53 Å². The summed E-state index contributed by atoms with van der Waals surface area (Å²) in [5.41, 5.74) is 6.60. The zero-order chi connectivity index (χ0) is 11.4. The van der Waals surface area contributed by atoms with Gasteiger partial charge in [0.05, 0.1) is 6.61 Å². The molecule has 0 saturated heterocycles. The van der Waals surface area contributed by atoms with Gasteiger partial charge in [-0.25, -0.2) is 4.79 Å². The van der Waals surface area contributed by atoms with Crippen LogP contribution < -0.4 is 5.73 Å². The maximum atomic E-state index is 11.6. The van der Waals surface area contributed by atoms with Gasteiger partial charge in [-0.3, -0.25) is 0 Å². The van der Waals surface area contributed by atoms with Gasteiger partial charge in [-0.05, 0) is 17.9 Å². The van der Waals surface area contributed by atoms with Gasteiger partial charge >= 0.3 is 5.97 Å². The zero-order valence-electron chi connectivity index (χ0n) is 9.26. The zero-order valence-corrected chi connectivity index (χ0v) is 9.26. The number of benzene rings is 1. The predicted molar refractivity (Wildman–Crippen MR) is 61.7 cm³/mol. The number of hydrogen-bond donors (Lipinski definition) is 1. The molecule has 0 amide bonds. The fraction of sp³-hybridized carbons (Fsp3) is 0.462. The molecule has 1 aromatic carbocycles. The van der Waals surface area contributed by atoms with Crippen LogP contribution in [0, 0.1) is 5.92 Å². The SMILES string of the molecule is N[C@@H](C(=O)OCCC1CC1)c1ccccc1. The number of nitrogens with two attached hydrogens (primary N) is 1. The Kier molecular flexibility index (Phi) is 3.57. The van der Waals surface area contributed by atoms with Gasteiger partial charge in [-0.2, -0.15) is 0 Å². The largest absolute Gasteiger partial charge is 0.464 e. The van der Waals surface area contributed by atoms with Crippen molar-refractivity contribution in [1.82, 2.24) is 0 Å². The molecule has 0 unspecified atom stereocenters. The van der Waals surface area contributed by atoms with Crippen LogP contribution in [0.5, 0.6) is 0 Å². The van der Waals surface area contributed by atoms with Crippen LogP contribution in [0.15, 0.2) is 30.3 Å². The Balaban J connectivity index is 1.79. The molecule has 1 aliphatic rings. The van der Waals surface area contributed by atoms with Gasteiger partial charge in [0, 0.05) is 0 Å². The second kappa shape index (κ2) is 5.12. The molecule has 2 N–H and O–H groups in total. The van der Waals surface area contributed by atoms with E-state index in [4.69, 9.17) is 10.5 Å². The Hall–Kier alpha value is -1.35. The molecule has 16 heavy (non-hydrogen) atoms. The van der Waals surface area contributed by atoms with E-state index in [-0.39, 0.29) is 5.97 Å². The number of carbonyl (C=O) groups excluding carboxylic acids is 1. The molecular formula is C13H17NO2. The normalized spacial score (nSPS) is 16.8. The molecule has 1 saturated carbocycles. The van der Waals surface area contributed by atoms with Gasteiger partial charge in [-0.1, -0.05) is 43.2 Å². The molecule has 1 atom stereocenters. The van der Waals surface area contributed by atoms with Crippen molar-refractivity contribution in [2.75, 3.05) is 6.61 Å². The minimum atomic E-state index is -0.652. The molecule has 0 heterocycles. The summed E-state index contributed by atoms with van der Waals surface area (Å²) < 4.78 is 5.15. The van der Waals surface area contributed by atoms with E-state index in [9.17, 15) is 4.79 Å². The number of carbonyl (C=O) groups is 1. The topological polar surface area (TPSA) is 52.3 Å². The first kappa shape index (κ1) is 11.1. The van der Waals surface area contributed by atoms with Crippen LogP contribution in [0.2, 0.25) is 0 Å². The highest BCUT2D eigenvalue weighted by atomic mass is 16.5. The lowest BCUT2D eigenvalue weighted by molar-refractivity contribution is -0.145. The molecule has 3 heteroatoms. The van der Waals surface area contributed by atoms with Crippen LogP contribution in [-0.2, 0) is 9.53 Å². The maximum Gasteiger partial charge on any atom is 0.327 e. The Labute approximate surface area is 95.6 Å². The Morgan fingerprint density at radius 3 is 2.69 bits per heavy atom. The van der Waals surface area contributed by atoms with E-state index in [1.54, 1.807) is 0 Å². The van der Waals surface area contributed by atoms with E-state index in [1.165, 1.54) is 12.8 Å². The number of ether oxygens (including phenoxy) is 1. The highest BCUT2D eigenvalue weighted by Gasteiger charge is 2.22. The lowest BCUT2D eigenvalue weighted by Crippen LogP contribution is -2.24. The summed E-state index contributed by atoms with van der Waals surface area (Å²) in [7, 11) is 0. The fourth-order valence-corrected chi connectivity index (χ4v) is 1.62. The van der Waals surface area contributed by atoms with Crippen LogP contribution in [0.3, 0.4) is 0 Å². The Morgan fingerprint density at radius 2 is 2.06 bits per heavy atom. The van der Waals surface area contributed by atoms with Gasteiger partial charge in [0.2, 0.25) is 0 Å². The molecule has 1 aromatic rings. The van der Waals surface area contributed by atoms with E-state index >= 15 is 0 Å². The summed E-state index contributed by atoms with van der Waals surface area (Å²) in [5.74, 6) is 0.451. The van der Waals surface area contributed by atoms with E-state index in [1.807, 2.05) is 30.3 Å². The third-order valence-electron chi connectivity index (χ3n) is 2.88. The van der Waals surface area contributed by atoms with Crippen LogP contribution in [0.25, 0.3) is 0 Å². The van der Waals surface area contributed by atoms with Gasteiger partial charge < -0.3 is 10.5 Å². The van der Waals surface area contributed by atoms with Crippen molar-refractivity contribution in [2.24, 2.45) is 11.7 Å². The van der Waals surface area contributed by atoms with E-state index in [0.29, 0.717) is 6.61 Å². The molecule has 3 nitrogen and oxygen atoms in total. The standard InChI is InChI=1S/C13H17NO2/c14-12(11-4-2-1-3-5-11)13(15)16-9-8-10-6-7-10/h1-5,10,12H,6-9,14H2/t12-/m1/s1. The van der Waals surface area contributed by atoms with Crippen LogP contribution in [0.1, 0.15) is 30.9 Å². The molecule has 1 aliphatic carbocycles. The lowest BCUT2D eigenvalue weighted by Gasteiger charge is -2.11. The minimum Gasteiger partial charge on any atom is -0.464 e. The first-order valence-electron chi connectivity index (χ1n) is 5.74. The Morgan fingerprint density at radius 1 is 1.38 bits per heavy atom. The van der Waals surface area contributed by atoms with Gasteiger partial charge in [0.1, 0.15) is 6.04 Å². The third-order valence-corrected chi connectivity index (χ3v) is 2.88. The van der Waals surface area contributed by atoms with Crippen molar-refractivity contribution >= 4 is 5.97 Å². The number of esters is 1. The van der Waals surface area contributed by atoms with Crippen molar-refractivity contribution in [3.8, 4) is 0 Å². The molecule has 0 bridgehead atoms. The smallest absolute Gasteiger partial charge is 0.327 e. The monoisotopic (exact) mass is 219 g/mol. The number of hydrogen-bond acceptors (Lipinski definition) is 3. The summed E-state index contributed by atoms with van der Waals surface area (Å²) in [6.07, 6.45) is 3.54. The van der Waals surface area contributed by atoms with Crippen molar-refractivity contribution in [2.45, 2.75) is 25.3 Å². The average Bonchev–Trinajstić information content (AvgIpc) is 3.13. The van der Waals surface area contributed by atoms with Gasteiger partial charge in [-0.15, -0.1) is 0 Å². The fourth-order valence-electron chi connectivity index (χ4n) is 1.62. The molecule has 1 fully saturated rings. The Bertz CT molecular complexity index is 346. The summed E-state index contributed by atoms with van der Waals surface area (Å²) in [4.78, 5) is 11.6. The van der Waals surface area contributed by atoms with E-state index < -0.39 is 6.04 Å². The van der Waals surface area contributed by atoms with Gasteiger partial charge in [0.15, 0.2) is 0 Å². The van der Waals surface area contributed by atoms with Crippen LogP contribution in [0.4, 0.5) is 0 Å². The summed E-state index contributed by atoms with van der Waals surface area (Å²) in [6, 6.07) is 8.66. The molecule has 2 rings (SSSR count). The number of rotatable bonds is 5. The summed E-state index contributed by atoms with van der Waals surface area (Å²) in [5, 5.41) is 0. The van der Waals surface area contributed by atoms with E-state index in [0.717, 1.165) is 17.9 Å². The molecule has 0 aromatic heterocycles. The second-order valence-corrected chi connectivity index (χ2v) is 4.29. The third kappa shape index (κ3) is 3.07. The quantitative estimate of drug-likeness (QED) is 0.771. The van der Waals surface area contributed by atoms with Crippen LogP contribution in [-0.4, -0.2) is 12.6 Å². The molecule has 86 valence electrons. The average molecular weight is 219 g/mol. The van der Waals surface area contributed by atoms with Crippen LogP contribution >= 0.6 is 0 Å². The van der Waals surface area contributed by atoms with Crippen molar-refractivity contribution in [1.29, 1.82) is 0 Å². The van der Waals surface area contributed by atoms with Crippen molar-refractivity contribution in [3.05, 3.63) is 35.9 Å². The van der Waals surface area contributed by atoms with Gasteiger partial charge in [0.25, 0.3) is 0 Å². The first-order chi connectivity index (χ1) is 7.77. The summed E-state index contributed by atoms with van der Waals surface area (Å²) >= 11 is 0. The molecule has 0 aliphatic heterocycles. The highest BCUT2D eigenvalue weighted by Crippen LogP contribution is 2.32. The summed E-state index contributed by atoms with van der Waals surface area (Å²) in [6.45, 7) is 0.504. The lowest BCUT2D eigenvalue weighted by atomic mass is 10.1. The minimum absolute atomic E-state index is 0.327. The molecule has 0 spiro atoms. The second-order valence-electron chi connectivity index (χ2n) is 4.29.